The quantitative estimate of drug-likeness (QED) is 0.652. The van der Waals surface area contributed by atoms with Crippen molar-refractivity contribution in [3.63, 3.8) is 0 Å². The Hall–Kier alpha value is -1.14. The van der Waals surface area contributed by atoms with Crippen LogP contribution in [0.25, 0.3) is 0 Å². The highest BCUT2D eigenvalue weighted by molar-refractivity contribution is 6.42. The fraction of sp³-hybridized carbons (Fsp3) is 0.333. The van der Waals surface area contributed by atoms with Gasteiger partial charge in [0.25, 0.3) is 0 Å². The van der Waals surface area contributed by atoms with Crippen LogP contribution in [0.4, 0.5) is 0 Å². The second-order valence-electron chi connectivity index (χ2n) is 4.32. The number of halogens is 2. The van der Waals surface area contributed by atoms with Crippen molar-refractivity contribution < 1.29 is 0 Å². The van der Waals surface area contributed by atoms with E-state index in [4.69, 9.17) is 29.0 Å². The monoisotopic (exact) mass is 299 g/mol. The molecule has 0 aliphatic heterocycles. The normalized spacial score (nSPS) is 12.6. The van der Waals surface area contributed by atoms with Crippen molar-refractivity contribution in [1.82, 2.24) is 20.2 Å². The summed E-state index contributed by atoms with van der Waals surface area (Å²) in [6.45, 7) is 0. The smallest absolute Gasteiger partial charge is 0.138 e. The number of aryl methyl sites for hydroxylation is 1. The second-order valence-corrected chi connectivity index (χ2v) is 5.13. The van der Waals surface area contributed by atoms with Gasteiger partial charge in [-0.2, -0.15) is 5.10 Å². The van der Waals surface area contributed by atoms with Gasteiger partial charge in [-0.05, 0) is 24.1 Å². The molecule has 0 amide bonds. The molecule has 2 aromatic rings. The molecule has 7 heteroatoms. The van der Waals surface area contributed by atoms with Crippen molar-refractivity contribution in [3.05, 3.63) is 46.0 Å². The zero-order valence-corrected chi connectivity index (χ0v) is 12.0. The molecular formula is C12H15Cl2N5. The molecule has 0 aliphatic carbocycles. The van der Waals surface area contributed by atoms with Gasteiger partial charge in [-0.15, -0.1) is 0 Å². The molecule has 2 rings (SSSR count). The highest BCUT2D eigenvalue weighted by atomic mass is 35.5. The number of nitrogens with zero attached hydrogens (tertiary/aromatic N) is 3. The Morgan fingerprint density at radius 3 is 2.68 bits per heavy atom. The maximum atomic E-state index is 6.00. The van der Waals surface area contributed by atoms with Gasteiger partial charge in [0.15, 0.2) is 0 Å². The summed E-state index contributed by atoms with van der Waals surface area (Å²) in [6.07, 6.45) is 2.95. The van der Waals surface area contributed by atoms with E-state index >= 15 is 0 Å². The molecule has 0 bridgehead atoms. The van der Waals surface area contributed by atoms with Gasteiger partial charge in [0.2, 0.25) is 0 Å². The topological polar surface area (TPSA) is 68.8 Å². The highest BCUT2D eigenvalue weighted by Gasteiger charge is 2.13. The van der Waals surface area contributed by atoms with Gasteiger partial charge in [-0.3, -0.25) is 16.0 Å². The first-order valence-corrected chi connectivity index (χ1v) is 6.58. The molecule has 0 aliphatic rings. The van der Waals surface area contributed by atoms with Crippen LogP contribution in [-0.4, -0.2) is 20.8 Å². The van der Waals surface area contributed by atoms with Crippen LogP contribution in [0, 0.1) is 0 Å². The van der Waals surface area contributed by atoms with Crippen molar-refractivity contribution in [1.29, 1.82) is 0 Å². The van der Waals surface area contributed by atoms with Crippen molar-refractivity contribution >= 4 is 23.2 Å². The fourth-order valence-electron chi connectivity index (χ4n) is 1.87. The SMILES string of the molecule is Cn1ncnc1CC(Cc1ccc(Cl)c(Cl)c1)NN. The van der Waals surface area contributed by atoms with E-state index in [1.54, 1.807) is 10.7 Å². The lowest BCUT2D eigenvalue weighted by Crippen LogP contribution is -2.39. The number of hydrogen-bond acceptors (Lipinski definition) is 4. The molecule has 1 aromatic heterocycles. The van der Waals surface area contributed by atoms with E-state index in [2.05, 4.69) is 15.5 Å². The second kappa shape index (κ2) is 6.34. The number of nitrogens with one attached hydrogen (secondary N) is 1. The molecule has 1 heterocycles. The zero-order chi connectivity index (χ0) is 13.8. The summed E-state index contributed by atoms with van der Waals surface area (Å²) in [7, 11) is 1.86. The van der Waals surface area contributed by atoms with Crippen LogP contribution in [0.15, 0.2) is 24.5 Å². The van der Waals surface area contributed by atoms with Crippen molar-refractivity contribution in [2.75, 3.05) is 0 Å². The molecule has 19 heavy (non-hydrogen) atoms. The predicted octanol–water partition coefficient (Wildman–Crippen LogP) is 1.74. The summed E-state index contributed by atoms with van der Waals surface area (Å²) in [6, 6.07) is 5.63. The third-order valence-electron chi connectivity index (χ3n) is 2.94. The lowest BCUT2D eigenvalue weighted by molar-refractivity contribution is 0.499. The van der Waals surface area contributed by atoms with Crippen LogP contribution < -0.4 is 11.3 Å². The molecule has 1 atom stereocenters. The summed E-state index contributed by atoms with van der Waals surface area (Å²) in [4.78, 5) is 4.19. The lowest BCUT2D eigenvalue weighted by Gasteiger charge is -2.15. The number of nitrogens with two attached hydrogens (primary N) is 1. The van der Waals surface area contributed by atoms with Gasteiger partial charge in [0.1, 0.15) is 12.2 Å². The largest absolute Gasteiger partial charge is 0.271 e. The molecule has 0 saturated heterocycles. The third-order valence-corrected chi connectivity index (χ3v) is 3.67. The van der Waals surface area contributed by atoms with Crippen LogP contribution in [0.1, 0.15) is 11.4 Å². The summed E-state index contributed by atoms with van der Waals surface area (Å²) in [5.41, 5.74) is 3.86. The third kappa shape index (κ3) is 3.67. The van der Waals surface area contributed by atoms with E-state index in [0.717, 1.165) is 17.8 Å². The van der Waals surface area contributed by atoms with E-state index < -0.39 is 0 Å². The van der Waals surface area contributed by atoms with Gasteiger partial charge in [-0.25, -0.2) is 4.98 Å². The Bertz CT molecular complexity index is 555. The Kier molecular flexibility index (Phi) is 4.76. The number of hydrogen-bond donors (Lipinski definition) is 2. The molecule has 1 unspecified atom stereocenters. The van der Waals surface area contributed by atoms with Gasteiger partial charge in [-0.1, -0.05) is 29.3 Å². The van der Waals surface area contributed by atoms with Crippen LogP contribution in [-0.2, 0) is 19.9 Å². The standard InChI is InChI=1S/C12H15Cl2N5/c1-19-12(16-7-17-19)6-9(18-15)4-8-2-3-10(13)11(14)5-8/h2-3,5,7,9,18H,4,6,15H2,1H3. The Morgan fingerprint density at radius 1 is 1.32 bits per heavy atom. The Morgan fingerprint density at radius 2 is 2.11 bits per heavy atom. The molecule has 5 nitrogen and oxygen atoms in total. The molecule has 102 valence electrons. The first-order valence-electron chi connectivity index (χ1n) is 5.83. The maximum absolute atomic E-state index is 6.00. The average Bonchev–Trinajstić information content (AvgIpc) is 2.78. The molecule has 1 aromatic carbocycles. The summed E-state index contributed by atoms with van der Waals surface area (Å²) in [5, 5.41) is 5.14. The van der Waals surface area contributed by atoms with Crippen LogP contribution in [0.5, 0.6) is 0 Å². The molecule has 0 radical (unpaired) electrons. The van der Waals surface area contributed by atoms with Gasteiger partial charge >= 0.3 is 0 Å². The molecule has 0 spiro atoms. The minimum atomic E-state index is 0.0557. The van der Waals surface area contributed by atoms with E-state index in [0.29, 0.717) is 16.5 Å². The van der Waals surface area contributed by atoms with Gasteiger partial charge in [0.05, 0.1) is 10.0 Å². The van der Waals surface area contributed by atoms with Crippen molar-refractivity contribution in [2.24, 2.45) is 12.9 Å². The van der Waals surface area contributed by atoms with Gasteiger partial charge < -0.3 is 0 Å². The van der Waals surface area contributed by atoms with E-state index in [-0.39, 0.29) is 6.04 Å². The number of benzene rings is 1. The fourth-order valence-corrected chi connectivity index (χ4v) is 2.19. The summed E-state index contributed by atoms with van der Waals surface area (Å²) >= 11 is 11.9. The van der Waals surface area contributed by atoms with E-state index in [9.17, 15) is 0 Å². The maximum Gasteiger partial charge on any atom is 0.138 e. The van der Waals surface area contributed by atoms with Crippen LogP contribution in [0.2, 0.25) is 10.0 Å². The molecule has 0 fully saturated rings. The average molecular weight is 300 g/mol. The minimum Gasteiger partial charge on any atom is -0.271 e. The van der Waals surface area contributed by atoms with E-state index in [1.807, 2.05) is 19.2 Å². The molecular weight excluding hydrogens is 285 g/mol. The van der Waals surface area contributed by atoms with Crippen molar-refractivity contribution in [2.45, 2.75) is 18.9 Å². The van der Waals surface area contributed by atoms with Gasteiger partial charge in [0, 0.05) is 19.5 Å². The number of aromatic nitrogens is 3. The number of rotatable bonds is 5. The van der Waals surface area contributed by atoms with Crippen LogP contribution >= 0.6 is 23.2 Å². The number of hydrazine groups is 1. The lowest BCUT2D eigenvalue weighted by atomic mass is 10.0. The molecule has 3 N–H and O–H groups in total. The zero-order valence-electron chi connectivity index (χ0n) is 10.5. The predicted molar refractivity (Wildman–Crippen MR) is 76.0 cm³/mol. The first kappa shape index (κ1) is 14.3. The Labute approximate surface area is 121 Å². The summed E-state index contributed by atoms with van der Waals surface area (Å²) in [5.74, 6) is 6.47. The highest BCUT2D eigenvalue weighted by Crippen LogP contribution is 2.23. The first-order chi connectivity index (χ1) is 9.10. The van der Waals surface area contributed by atoms with E-state index in [1.165, 1.54) is 6.33 Å². The van der Waals surface area contributed by atoms with Crippen LogP contribution in [0.3, 0.4) is 0 Å². The minimum absolute atomic E-state index is 0.0557. The van der Waals surface area contributed by atoms with Crippen molar-refractivity contribution in [3.8, 4) is 0 Å². The molecule has 0 saturated carbocycles. The Balaban J connectivity index is 2.06. The summed E-state index contributed by atoms with van der Waals surface area (Å²) < 4.78 is 1.74.